The highest BCUT2D eigenvalue weighted by Gasteiger charge is 2.18. The standard InChI is InChI=1S/C13H18N2O2.ClH/c1-9-7-11(17-2)3-4-12(9)13(16)15-10-5-6-14-8-10;/h3-4,7,10,14H,5-6,8H2,1-2H3,(H,15,16);1H. The zero-order valence-corrected chi connectivity index (χ0v) is 11.5. The highest BCUT2D eigenvalue weighted by atomic mass is 35.5. The summed E-state index contributed by atoms with van der Waals surface area (Å²) in [6.45, 7) is 3.76. The number of nitrogens with one attached hydrogen (secondary N) is 2. The lowest BCUT2D eigenvalue weighted by Gasteiger charge is -2.13. The molecule has 1 atom stereocenters. The predicted octanol–water partition coefficient (Wildman–Crippen LogP) is 1.52. The van der Waals surface area contributed by atoms with E-state index in [2.05, 4.69) is 10.6 Å². The molecule has 0 spiro atoms. The molecule has 18 heavy (non-hydrogen) atoms. The molecule has 1 heterocycles. The van der Waals surface area contributed by atoms with E-state index in [0.29, 0.717) is 0 Å². The van der Waals surface area contributed by atoms with Crippen LogP contribution in [-0.4, -0.2) is 32.1 Å². The SMILES string of the molecule is COc1ccc(C(=O)NC2CCNC2)c(C)c1.Cl. The molecular formula is C13H19ClN2O2. The molecule has 100 valence electrons. The fourth-order valence-corrected chi connectivity index (χ4v) is 2.06. The highest BCUT2D eigenvalue weighted by Crippen LogP contribution is 2.17. The van der Waals surface area contributed by atoms with Gasteiger partial charge < -0.3 is 15.4 Å². The summed E-state index contributed by atoms with van der Waals surface area (Å²) in [5.41, 5.74) is 1.66. The largest absolute Gasteiger partial charge is 0.497 e. The molecule has 2 rings (SSSR count). The van der Waals surface area contributed by atoms with Crippen molar-refractivity contribution in [3.63, 3.8) is 0 Å². The smallest absolute Gasteiger partial charge is 0.251 e. The molecule has 2 N–H and O–H groups in total. The summed E-state index contributed by atoms with van der Waals surface area (Å²) in [5, 5.41) is 6.26. The van der Waals surface area contributed by atoms with E-state index in [-0.39, 0.29) is 24.4 Å². The van der Waals surface area contributed by atoms with Crippen molar-refractivity contribution < 1.29 is 9.53 Å². The van der Waals surface area contributed by atoms with E-state index in [0.717, 1.165) is 36.4 Å². The first kappa shape index (κ1) is 14.8. The minimum Gasteiger partial charge on any atom is -0.497 e. The summed E-state index contributed by atoms with van der Waals surface area (Å²) in [5.74, 6) is 0.778. The van der Waals surface area contributed by atoms with Crippen LogP contribution < -0.4 is 15.4 Å². The Bertz CT molecular complexity index is 417. The van der Waals surface area contributed by atoms with Crippen LogP contribution in [0.25, 0.3) is 0 Å². The minimum absolute atomic E-state index is 0. The van der Waals surface area contributed by atoms with Gasteiger partial charge in [-0.3, -0.25) is 4.79 Å². The van der Waals surface area contributed by atoms with Gasteiger partial charge in [0, 0.05) is 18.2 Å². The normalized spacial score (nSPS) is 18.0. The van der Waals surface area contributed by atoms with Crippen LogP contribution >= 0.6 is 12.4 Å². The summed E-state index contributed by atoms with van der Waals surface area (Å²) in [7, 11) is 1.62. The second-order valence-electron chi connectivity index (χ2n) is 4.34. The Labute approximate surface area is 114 Å². The maximum atomic E-state index is 12.0. The van der Waals surface area contributed by atoms with Crippen molar-refractivity contribution in [1.82, 2.24) is 10.6 Å². The Morgan fingerprint density at radius 3 is 2.83 bits per heavy atom. The molecule has 1 saturated heterocycles. The molecule has 5 heteroatoms. The summed E-state index contributed by atoms with van der Waals surface area (Å²) < 4.78 is 5.12. The van der Waals surface area contributed by atoms with E-state index < -0.39 is 0 Å². The number of carbonyl (C=O) groups excluding carboxylic acids is 1. The van der Waals surface area contributed by atoms with Crippen LogP contribution in [0.15, 0.2) is 18.2 Å². The van der Waals surface area contributed by atoms with Crippen molar-refractivity contribution in [2.45, 2.75) is 19.4 Å². The molecule has 0 saturated carbocycles. The van der Waals surface area contributed by atoms with Gasteiger partial charge >= 0.3 is 0 Å². The second-order valence-corrected chi connectivity index (χ2v) is 4.34. The Morgan fingerprint density at radius 1 is 1.50 bits per heavy atom. The third-order valence-electron chi connectivity index (χ3n) is 3.07. The Hall–Kier alpha value is -1.26. The van der Waals surface area contributed by atoms with Gasteiger partial charge in [-0.15, -0.1) is 12.4 Å². The molecule has 1 aromatic carbocycles. The van der Waals surface area contributed by atoms with E-state index in [9.17, 15) is 4.79 Å². The van der Waals surface area contributed by atoms with Crippen LogP contribution in [0, 0.1) is 6.92 Å². The molecule has 0 bridgehead atoms. The van der Waals surface area contributed by atoms with E-state index >= 15 is 0 Å². The van der Waals surface area contributed by atoms with Crippen LogP contribution in [-0.2, 0) is 0 Å². The lowest BCUT2D eigenvalue weighted by molar-refractivity contribution is 0.0939. The Kier molecular flexibility index (Phi) is 5.44. The zero-order chi connectivity index (χ0) is 12.3. The number of aryl methyl sites for hydroxylation is 1. The van der Waals surface area contributed by atoms with Crippen LogP contribution in [0.1, 0.15) is 22.3 Å². The number of amides is 1. The summed E-state index contributed by atoms with van der Waals surface area (Å²) in [4.78, 5) is 12.0. The van der Waals surface area contributed by atoms with Gasteiger partial charge in [-0.25, -0.2) is 0 Å². The summed E-state index contributed by atoms with van der Waals surface area (Å²) >= 11 is 0. The fraction of sp³-hybridized carbons (Fsp3) is 0.462. The lowest BCUT2D eigenvalue weighted by Crippen LogP contribution is -2.36. The molecule has 0 aliphatic carbocycles. The number of benzene rings is 1. The first-order valence-electron chi connectivity index (χ1n) is 5.87. The van der Waals surface area contributed by atoms with Gasteiger partial charge in [-0.2, -0.15) is 0 Å². The van der Waals surface area contributed by atoms with Crippen LogP contribution in [0.5, 0.6) is 5.75 Å². The van der Waals surface area contributed by atoms with E-state index in [4.69, 9.17) is 4.74 Å². The van der Waals surface area contributed by atoms with Crippen LogP contribution in [0.3, 0.4) is 0 Å². The van der Waals surface area contributed by atoms with Crippen molar-refractivity contribution in [3.8, 4) is 5.75 Å². The molecule has 1 fully saturated rings. The molecule has 1 aliphatic heterocycles. The van der Waals surface area contributed by atoms with Crippen molar-refractivity contribution in [3.05, 3.63) is 29.3 Å². The molecule has 1 unspecified atom stereocenters. The van der Waals surface area contributed by atoms with Crippen LogP contribution in [0.2, 0.25) is 0 Å². The Morgan fingerprint density at radius 2 is 2.28 bits per heavy atom. The van der Waals surface area contributed by atoms with Gasteiger partial charge in [-0.05, 0) is 43.7 Å². The number of rotatable bonds is 3. The van der Waals surface area contributed by atoms with E-state index in [1.165, 1.54) is 0 Å². The third kappa shape index (κ3) is 3.37. The molecule has 1 amide bonds. The van der Waals surface area contributed by atoms with Crippen molar-refractivity contribution >= 4 is 18.3 Å². The highest BCUT2D eigenvalue weighted by molar-refractivity contribution is 5.96. The molecule has 4 nitrogen and oxygen atoms in total. The second kappa shape index (κ2) is 6.61. The molecule has 0 radical (unpaired) electrons. The number of carbonyl (C=O) groups is 1. The van der Waals surface area contributed by atoms with E-state index in [1.807, 2.05) is 25.1 Å². The monoisotopic (exact) mass is 270 g/mol. The number of halogens is 1. The quantitative estimate of drug-likeness (QED) is 0.876. The predicted molar refractivity (Wildman–Crippen MR) is 73.7 cm³/mol. The maximum Gasteiger partial charge on any atom is 0.251 e. The van der Waals surface area contributed by atoms with E-state index in [1.54, 1.807) is 7.11 Å². The number of methoxy groups -OCH3 is 1. The molecular weight excluding hydrogens is 252 g/mol. The topological polar surface area (TPSA) is 50.4 Å². The van der Waals surface area contributed by atoms with Crippen molar-refractivity contribution in [2.24, 2.45) is 0 Å². The van der Waals surface area contributed by atoms with Gasteiger partial charge in [0.05, 0.1) is 7.11 Å². The first-order chi connectivity index (χ1) is 8.20. The molecule has 1 aromatic rings. The third-order valence-corrected chi connectivity index (χ3v) is 3.07. The average Bonchev–Trinajstić information content (AvgIpc) is 2.81. The number of ether oxygens (including phenoxy) is 1. The maximum absolute atomic E-state index is 12.0. The number of hydrogen-bond donors (Lipinski definition) is 2. The van der Waals surface area contributed by atoms with Crippen molar-refractivity contribution in [1.29, 1.82) is 0 Å². The van der Waals surface area contributed by atoms with Crippen LogP contribution in [0.4, 0.5) is 0 Å². The summed E-state index contributed by atoms with van der Waals surface area (Å²) in [6, 6.07) is 5.76. The van der Waals surface area contributed by atoms with Gasteiger partial charge in [-0.1, -0.05) is 0 Å². The van der Waals surface area contributed by atoms with Gasteiger partial charge in [0.15, 0.2) is 0 Å². The average molecular weight is 271 g/mol. The lowest BCUT2D eigenvalue weighted by atomic mass is 10.1. The van der Waals surface area contributed by atoms with Gasteiger partial charge in [0.25, 0.3) is 5.91 Å². The first-order valence-corrected chi connectivity index (χ1v) is 5.87. The van der Waals surface area contributed by atoms with Crippen molar-refractivity contribution in [2.75, 3.05) is 20.2 Å². The molecule has 1 aliphatic rings. The van der Waals surface area contributed by atoms with Gasteiger partial charge in [0.2, 0.25) is 0 Å². The molecule has 0 aromatic heterocycles. The summed E-state index contributed by atoms with van der Waals surface area (Å²) in [6.07, 6.45) is 1.00. The van der Waals surface area contributed by atoms with Gasteiger partial charge in [0.1, 0.15) is 5.75 Å². The Balaban J connectivity index is 0.00000162. The fourth-order valence-electron chi connectivity index (χ4n) is 2.06. The number of hydrogen-bond acceptors (Lipinski definition) is 3. The zero-order valence-electron chi connectivity index (χ0n) is 10.7. The minimum atomic E-state index is -0.00106.